The van der Waals surface area contributed by atoms with Crippen molar-refractivity contribution >= 4 is 0 Å². The average Bonchev–Trinajstić information content (AvgIpc) is 2.34. The molecule has 0 spiro atoms. The largest absolute Gasteiger partial charge is 0.324 e. The molecule has 3 heteroatoms. The fourth-order valence-electron chi connectivity index (χ4n) is 1.81. The summed E-state index contributed by atoms with van der Waals surface area (Å²) >= 11 is 0. The third kappa shape index (κ3) is 2.68. The van der Waals surface area contributed by atoms with E-state index in [0.717, 1.165) is 5.69 Å². The highest BCUT2D eigenvalue weighted by Gasteiger charge is 2.13. The lowest BCUT2D eigenvalue weighted by molar-refractivity contribution is 0.571. The Morgan fingerprint density at radius 2 is 2.06 bits per heavy atom. The Kier molecular flexibility index (Phi) is 3.49. The summed E-state index contributed by atoms with van der Waals surface area (Å²) in [7, 11) is 0. The van der Waals surface area contributed by atoms with Crippen molar-refractivity contribution in [1.82, 2.24) is 4.98 Å². The number of pyridine rings is 1. The van der Waals surface area contributed by atoms with Crippen LogP contribution >= 0.6 is 0 Å². The van der Waals surface area contributed by atoms with Gasteiger partial charge in [-0.25, -0.2) is 4.39 Å². The van der Waals surface area contributed by atoms with Crippen molar-refractivity contribution in [2.75, 3.05) is 0 Å². The minimum absolute atomic E-state index is 0.212. The summed E-state index contributed by atoms with van der Waals surface area (Å²) in [4.78, 5) is 4.19. The van der Waals surface area contributed by atoms with Crippen molar-refractivity contribution in [2.45, 2.75) is 19.4 Å². The van der Waals surface area contributed by atoms with Crippen molar-refractivity contribution in [3.05, 3.63) is 65.2 Å². The second-order valence-corrected chi connectivity index (χ2v) is 4.11. The smallest absolute Gasteiger partial charge is 0.130 e. The Balaban J connectivity index is 2.20. The van der Waals surface area contributed by atoms with Gasteiger partial charge in [0.15, 0.2) is 0 Å². The van der Waals surface area contributed by atoms with Gasteiger partial charge in [-0.1, -0.05) is 24.3 Å². The number of benzene rings is 1. The number of nitrogens with two attached hydrogens (primary N) is 1. The van der Waals surface area contributed by atoms with Crippen molar-refractivity contribution in [1.29, 1.82) is 0 Å². The van der Waals surface area contributed by atoms with E-state index in [2.05, 4.69) is 4.98 Å². The SMILES string of the molecule is Cc1cccc(C(N)Cc2ccccn2)c1F. The fraction of sp³-hybridized carbons (Fsp3) is 0.214. The molecule has 0 amide bonds. The molecular weight excluding hydrogens is 215 g/mol. The molecular formula is C14H15FN2. The van der Waals surface area contributed by atoms with E-state index in [0.29, 0.717) is 17.5 Å². The van der Waals surface area contributed by atoms with Crippen LogP contribution in [0.15, 0.2) is 42.6 Å². The normalized spacial score (nSPS) is 12.4. The van der Waals surface area contributed by atoms with E-state index in [4.69, 9.17) is 5.73 Å². The minimum atomic E-state index is -0.357. The summed E-state index contributed by atoms with van der Waals surface area (Å²) in [5, 5.41) is 0. The first-order chi connectivity index (χ1) is 8.18. The molecule has 1 heterocycles. The first-order valence-electron chi connectivity index (χ1n) is 5.59. The van der Waals surface area contributed by atoms with Gasteiger partial charge in [0.05, 0.1) is 0 Å². The highest BCUT2D eigenvalue weighted by Crippen LogP contribution is 2.20. The van der Waals surface area contributed by atoms with Gasteiger partial charge in [-0.15, -0.1) is 0 Å². The van der Waals surface area contributed by atoms with Gasteiger partial charge in [0.1, 0.15) is 5.82 Å². The average molecular weight is 230 g/mol. The van der Waals surface area contributed by atoms with E-state index in [9.17, 15) is 4.39 Å². The summed E-state index contributed by atoms with van der Waals surface area (Å²) in [5.74, 6) is -0.212. The summed E-state index contributed by atoms with van der Waals surface area (Å²) in [5.41, 5.74) is 8.07. The van der Waals surface area contributed by atoms with Gasteiger partial charge < -0.3 is 5.73 Å². The lowest BCUT2D eigenvalue weighted by Gasteiger charge is -2.13. The van der Waals surface area contributed by atoms with Crippen molar-refractivity contribution in [3.63, 3.8) is 0 Å². The van der Waals surface area contributed by atoms with E-state index >= 15 is 0 Å². The number of rotatable bonds is 3. The molecule has 0 saturated heterocycles. The molecule has 1 unspecified atom stereocenters. The van der Waals surface area contributed by atoms with Gasteiger partial charge in [0.25, 0.3) is 0 Å². The molecule has 1 aromatic heterocycles. The van der Waals surface area contributed by atoms with E-state index in [1.165, 1.54) is 0 Å². The maximum absolute atomic E-state index is 13.9. The van der Waals surface area contributed by atoms with E-state index < -0.39 is 0 Å². The van der Waals surface area contributed by atoms with E-state index in [-0.39, 0.29) is 11.9 Å². The first-order valence-corrected chi connectivity index (χ1v) is 5.59. The number of halogens is 1. The summed E-state index contributed by atoms with van der Waals surface area (Å²) in [6.45, 7) is 1.74. The Morgan fingerprint density at radius 3 is 2.76 bits per heavy atom. The molecule has 0 bridgehead atoms. The molecule has 17 heavy (non-hydrogen) atoms. The zero-order valence-corrected chi connectivity index (χ0v) is 9.73. The molecule has 2 rings (SSSR count). The maximum Gasteiger partial charge on any atom is 0.130 e. The van der Waals surface area contributed by atoms with Crippen LogP contribution in [0, 0.1) is 12.7 Å². The van der Waals surface area contributed by atoms with E-state index in [1.807, 2.05) is 24.3 Å². The molecule has 0 aliphatic rings. The predicted molar refractivity (Wildman–Crippen MR) is 66.0 cm³/mol. The van der Waals surface area contributed by atoms with Crippen LogP contribution in [0.5, 0.6) is 0 Å². The molecule has 0 aliphatic carbocycles. The molecule has 2 N–H and O–H groups in total. The number of hydrogen-bond acceptors (Lipinski definition) is 2. The van der Waals surface area contributed by atoms with Crippen LogP contribution < -0.4 is 5.73 Å². The van der Waals surface area contributed by atoms with Gasteiger partial charge in [-0.05, 0) is 24.6 Å². The minimum Gasteiger partial charge on any atom is -0.324 e. The van der Waals surface area contributed by atoms with Crippen LogP contribution in [-0.4, -0.2) is 4.98 Å². The Hall–Kier alpha value is -1.74. The number of nitrogens with zero attached hydrogens (tertiary/aromatic N) is 1. The van der Waals surface area contributed by atoms with Crippen LogP contribution in [0.25, 0.3) is 0 Å². The summed E-state index contributed by atoms with van der Waals surface area (Å²) < 4.78 is 13.9. The monoisotopic (exact) mass is 230 g/mol. The predicted octanol–water partition coefficient (Wildman–Crippen LogP) is 2.77. The van der Waals surface area contributed by atoms with Gasteiger partial charge in [0.2, 0.25) is 0 Å². The number of aromatic nitrogens is 1. The quantitative estimate of drug-likeness (QED) is 0.880. The van der Waals surface area contributed by atoms with Crippen molar-refractivity contribution in [2.24, 2.45) is 5.73 Å². The van der Waals surface area contributed by atoms with Gasteiger partial charge >= 0.3 is 0 Å². The van der Waals surface area contributed by atoms with Gasteiger partial charge in [0, 0.05) is 29.9 Å². The molecule has 1 atom stereocenters. The Labute approximate surface area is 100 Å². The number of hydrogen-bond donors (Lipinski definition) is 1. The van der Waals surface area contributed by atoms with Crippen LogP contribution in [0.1, 0.15) is 22.9 Å². The standard InChI is InChI=1S/C14H15FN2/c1-10-5-4-7-12(14(10)15)13(16)9-11-6-2-3-8-17-11/h2-8,13H,9,16H2,1H3. The summed E-state index contributed by atoms with van der Waals surface area (Å²) in [6.07, 6.45) is 2.26. The van der Waals surface area contributed by atoms with Gasteiger partial charge in [-0.2, -0.15) is 0 Å². The third-order valence-electron chi connectivity index (χ3n) is 2.78. The Bertz CT molecular complexity index is 497. The molecule has 0 fully saturated rings. The second kappa shape index (κ2) is 5.06. The van der Waals surface area contributed by atoms with Crippen LogP contribution in [0.2, 0.25) is 0 Å². The zero-order chi connectivity index (χ0) is 12.3. The van der Waals surface area contributed by atoms with Crippen LogP contribution in [-0.2, 0) is 6.42 Å². The summed E-state index contributed by atoms with van der Waals surface area (Å²) in [6, 6.07) is 10.6. The second-order valence-electron chi connectivity index (χ2n) is 4.11. The molecule has 0 saturated carbocycles. The molecule has 88 valence electrons. The van der Waals surface area contributed by atoms with Crippen LogP contribution in [0.4, 0.5) is 4.39 Å². The molecule has 2 aromatic rings. The Morgan fingerprint density at radius 1 is 1.24 bits per heavy atom. The maximum atomic E-state index is 13.9. The highest BCUT2D eigenvalue weighted by molar-refractivity contribution is 5.28. The zero-order valence-electron chi connectivity index (χ0n) is 9.73. The van der Waals surface area contributed by atoms with Crippen LogP contribution in [0.3, 0.4) is 0 Å². The third-order valence-corrected chi connectivity index (χ3v) is 2.78. The van der Waals surface area contributed by atoms with Crippen molar-refractivity contribution < 1.29 is 4.39 Å². The first kappa shape index (κ1) is 11.7. The highest BCUT2D eigenvalue weighted by atomic mass is 19.1. The topological polar surface area (TPSA) is 38.9 Å². The lowest BCUT2D eigenvalue weighted by atomic mass is 10.00. The molecule has 2 nitrogen and oxygen atoms in total. The molecule has 0 radical (unpaired) electrons. The lowest BCUT2D eigenvalue weighted by Crippen LogP contribution is -2.16. The number of aryl methyl sites for hydroxylation is 1. The molecule has 0 aliphatic heterocycles. The fourth-order valence-corrected chi connectivity index (χ4v) is 1.81. The van der Waals surface area contributed by atoms with E-state index in [1.54, 1.807) is 25.3 Å². The molecule has 1 aromatic carbocycles. The van der Waals surface area contributed by atoms with Gasteiger partial charge in [-0.3, -0.25) is 4.98 Å². The van der Waals surface area contributed by atoms with Crippen molar-refractivity contribution in [3.8, 4) is 0 Å².